The van der Waals surface area contributed by atoms with Crippen molar-refractivity contribution < 1.29 is 9.53 Å². The number of likely N-dealkylation sites (tertiary alicyclic amines) is 2. The SMILES string of the molecule is CN1CCCC2(CCN2C(=O)OC(C)(C)C)C1. The number of carbonyl (C=O) groups excluding carboxylic acids is 1. The normalized spacial score (nSPS) is 30.2. The second-order valence-corrected chi connectivity index (χ2v) is 6.45. The van der Waals surface area contributed by atoms with E-state index in [1.54, 1.807) is 0 Å². The molecule has 2 aliphatic rings. The molecule has 0 aromatic rings. The van der Waals surface area contributed by atoms with E-state index in [4.69, 9.17) is 4.74 Å². The van der Waals surface area contributed by atoms with Gasteiger partial charge >= 0.3 is 6.09 Å². The average molecular weight is 240 g/mol. The van der Waals surface area contributed by atoms with Crippen molar-refractivity contribution in [2.24, 2.45) is 0 Å². The van der Waals surface area contributed by atoms with Crippen LogP contribution in [0, 0.1) is 0 Å². The molecule has 1 spiro atoms. The van der Waals surface area contributed by atoms with E-state index >= 15 is 0 Å². The van der Waals surface area contributed by atoms with Crippen LogP contribution in [-0.2, 0) is 4.74 Å². The molecule has 0 N–H and O–H groups in total. The second-order valence-electron chi connectivity index (χ2n) is 6.45. The predicted molar refractivity (Wildman–Crippen MR) is 67.0 cm³/mol. The van der Waals surface area contributed by atoms with E-state index in [-0.39, 0.29) is 11.6 Å². The highest BCUT2D eigenvalue weighted by Gasteiger charge is 2.50. The highest BCUT2D eigenvalue weighted by atomic mass is 16.6. The van der Waals surface area contributed by atoms with Gasteiger partial charge < -0.3 is 14.5 Å². The van der Waals surface area contributed by atoms with Gasteiger partial charge in [0.05, 0.1) is 5.54 Å². The van der Waals surface area contributed by atoms with Crippen molar-refractivity contribution in [3.05, 3.63) is 0 Å². The molecule has 0 saturated carbocycles. The Kier molecular flexibility index (Phi) is 3.10. The van der Waals surface area contributed by atoms with Crippen LogP contribution >= 0.6 is 0 Å². The summed E-state index contributed by atoms with van der Waals surface area (Å²) in [5.74, 6) is 0. The van der Waals surface area contributed by atoms with Crippen LogP contribution in [-0.4, -0.2) is 53.7 Å². The minimum Gasteiger partial charge on any atom is -0.444 e. The van der Waals surface area contributed by atoms with Crippen molar-refractivity contribution >= 4 is 6.09 Å². The minimum absolute atomic E-state index is 0.0648. The number of nitrogens with zero attached hydrogens (tertiary/aromatic N) is 2. The number of piperidine rings is 1. The van der Waals surface area contributed by atoms with Crippen LogP contribution in [0.4, 0.5) is 4.79 Å². The summed E-state index contributed by atoms with van der Waals surface area (Å²) in [6.07, 6.45) is 3.28. The van der Waals surface area contributed by atoms with E-state index in [9.17, 15) is 4.79 Å². The zero-order chi connectivity index (χ0) is 12.7. The Morgan fingerprint density at radius 2 is 1.94 bits per heavy atom. The monoisotopic (exact) mass is 240 g/mol. The highest BCUT2D eigenvalue weighted by Crippen LogP contribution is 2.39. The van der Waals surface area contributed by atoms with Gasteiger partial charge in [-0.3, -0.25) is 0 Å². The maximum Gasteiger partial charge on any atom is 0.410 e. The maximum absolute atomic E-state index is 12.1. The van der Waals surface area contributed by atoms with Crippen molar-refractivity contribution in [1.82, 2.24) is 9.80 Å². The molecule has 17 heavy (non-hydrogen) atoms. The van der Waals surface area contributed by atoms with Gasteiger partial charge in [0.25, 0.3) is 0 Å². The zero-order valence-electron chi connectivity index (χ0n) is 11.5. The van der Waals surface area contributed by atoms with Gasteiger partial charge in [0, 0.05) is 13.1 Å². The van der Waals surface area contributed by atoms with Gasteiger partial charge in [0.2, 0.25) is 0 Å². The Morgan fingerprint density at radius 3 is 2.41 bits per heavy atom. The van der Waals surface area contributed by atoms with Crippen LogP contribution in [0.3, 0.4) is 0 Å². The summed E-state index contributed by atoms with van der Waals surface area (Å²) in [7, 11) is 2.13. The van der Waals surface area contributed by atoms with Gasteiger partial charge in [-0.1, -0.05) is 0 Å². The lowest BCUT2D eigenvalue weighted by atomic mass is 9.78. The van der Waals surface area contributed by atoms with Crippen molar-refractivity contribution in [3.63, 3.8) is 0 Å². The fraction of sp³-hybridized carbons (Fsp3) is 0.923. The molecule has 98 valence electrons. The third-order valence-corrected chi connectivity index (χ3v) is 3.73. The minimum atomic E-state index is -0.394. The molecule has 1 atom stereocenters. The van der Waals surface area contributed by atoms with E-state index in [1.807, 2.05) is 25.7 Å². The lowest BCUT2D eigenvalue weighted by Crippen LogP contribution is -2.68. The van der Waals surface area contributed by atoms with E-state index in [0.29, 0.717) is 0 Å². The molecule has 1 amide bonds. The quantitative estimate of drug-likeness (QED) is 0.650. The van der Waals surface area contributed by atoms with Gasteiger partial charge in [0.15, 0.2) is 0 Å². The van der Waals surface area contributed by atoms with Gasteiger partial charge in [-0.25, -0.2) is 4.79 Å². The lowest BCUT2D eigenvalue weighted by molar-refractivity contribution is -0.0703. The Balaban J connectivity index is 2.00. The van der Waals surface area contributed by atoms with Crippen molar-refractivity contribution in [2.45, 2.75) is 51.2 Å². The number of likely N-dealkylation sites (N-methyl/N-ethyl adjacent to an activating group) is 1. The molecular weight excluding hydrogens is 216 g/mol. The summed E-state index contributed by atoms with van der Waals surface area (Å²) in [6, 6.07) is 0. The van der Waals surface area contributed by atoms with Crippen LogP contribution in [0.1, 0.15) is 40.0 Å². The van der Waals surface area contributed by atoms with Gasteiger partial charge in [-0.05, 0) is 53.6 Å². The number of amides is 1. The smallest absolute Gasteiger partial charge is 0.410 e. The fourth-order valence-electron chi connectivity index (χ4n) is 2.90. The number of rotatable bonds is 0. The van der Waals surface area contributed by atoms with Gasteiger partial charge in [0.1, 0.15) is 5.60 Å². The molecule has 2 heterocycles. The number of hydrogen-bond donors (Lipinski definition) is 0. The molecular formula is C13H24N2O2. The first kappa shape index (κ1) is 12.7. The standard InChI is InChI=1S/C13H24N2O2/c1-12(2,3)17-11(16)15-9-7-13(15)6-5-8-14(4)10-13/h5-10H2,1-4H3. The second kappa shape index (κ2) is 4.16. The molecule has 1 unspecified atom stereocenters. The molecule has 2 rings (SSSR count). The van der Waals surface area contributed by atoms with Crippen molar-refractivity contribution in [3.8, 4) is 0 Å². The van der Waals surface area contributed by atoms with Crippen molar-refractivity contribution in [2.75, 3.05) is 26.7 Å². The molecule has 2 fully saturated rings. The molecule has 0 radical (unpaired) electrons. The van der Waals surface area contributed by atoms with Gasteiger partial charge in [-0.15, -0.1) is 0 Å². The summed E-state index contributed by atoms with van der Waals surface area (Å²) >= 11 is 0. The summed E-state index contributed by atoms with van der Waals surface area (Å²) in [4.78, 5) is 16.4. The van der Waals surface area contributed by atoms with E-state index < -0.39 is 5.60 Å². The Labute approximate surface area is 104 Å². The topological polar surface area (TPSA) is 32.8 Å². The van der Waals surface area contributed by atoms with Crippen LogP contribution in [0.5, 0.6) is 0 Å². The first-order valence-corrected chi connectivity index (χ1v) is 6.52. The number of ether oxygens (including phenoxy) is 1. The summed E-state index contributed by atoms with van der Waals surface area (Å²) in [5.41, 5.74) is -0.330. The highest BCUT2D eigenvalue weighted by molar-refractivity contribution is 5.70. The van der Waals surface area contributed by atoms with Gasteiger partial charge in [-0.2, -0.15) is 0 Å². The van der Waals surface area contributed by atoms with Crippen LogP contribution < -0.4 is 0 Å². The zero-order valence-corrected chi connectivity index (χ0v) is 11.5. The molecule has 4 heteroatoms. The van der Waals surface area contributed by atoms with E-state index in [0.717, 1.165) is 32.5 Å². The first-order valence-electron chi connectivity index (χ1n) is 6.52. The van der Waals surface area contributed by atoms with Crippen LogP contribution in [0.2, 0.25) is 0 Å². The molecule has 4 nitrogen and oxygen atoms in total. The lowest BCUT2D eigenvalue weighted by Gasteiger charge is -2.56. The Morgan fingerprint density at radius 1 is 1.24 bits per heavy atom. The Hall–Kier alpha value is -0.770. The average Bonchev–Trinajstić information content (AvgIpc) is 2.12. The van der Waals surface area contributed by atoms with Crippen LogP contribution in [0.15, 0.2) is 0 Å². The van der Waals surface area contributed by atoms with Crippen LogP contribution in [0.25, 0.3) is 0 Å². The maximum atomic E-state index is 12.1. The van der Waals surface area contributed by atoms with E-state index in [2.05, 4.69) is 11.9 Å². The number of hydrogen-bond acceptors (Lipinski definition) is 3. The predicted octanol–water partition coefficient (Wildman–Crippen LogP) is 2.09. The molecule has 2 saturated heterocycles. The van der Waals surface area contributed by atoms with Crippen molar-refractivity contribution in [1.29, 1.82) is 0 Å². The largest absolute Gasteiger partial charge is 0.444 e. The molecule has 0 aromatic heterocycles. The molecule has 0 aliphatic carbocycles. The Bertz CT molecular complexity index is 311. The first-order chi connectivity index (χ1) is 7.82. The fourth-order valence-corrected chi connectivity index (χ4v) is 2.90. The number of carbonyl (C=O) groups is 1. The molecule has 0 aromatic carbocycles. The van der Waals surface area contributed by atoms with E-state index in [1.165, 1.54) is 6.42 Å². The summed E-state index contributed by atoms with van der Waals surface area (Å²) in [5, 5.41) is 0. The molecule has 2 aliphatic heterocycles. The third-order valence-electron chi connectivity index (χ3n) is 3.73. The summed E-state index contributed by atoms with van der Waals surface area (Å²) in [6.45, 7) is 8.75. The third kappa shape index (κ3) is 2.57. The summed E-state index contributed by atoms with van der Waals surface area (Å²) < 4.78 is 5.47. The molecule has 0 bridgehead atoms.